The van der Waals surface area contributed by atoms with Gasteiger partial charge < -0.3 is 15.2 Å². The summed E-state index contributed by atoms with van der Waals surface area (Å²) in [4.78, 5) is 12.2. The molecule has 2 N–H and O–H groups in total. The van der Waals surface area contributed by atoms with Crippen LogP contribution in [0.3, 0.4) is 0 Å². The monoisotopic (exact) mass is 295 g/mol. The minimum absolute atomic E-state index is 0.0259. The van der Waals surface area contributed by atoms with Gasteiger partial charge in [0.1, 0.15) is 5.82 Å². The summed E-state index contributed by atoms with van der Waals surface area (Å²) in [7, 11) is 0. The van der Waals surface area contributed by atoms with E-state index in [2.05, 4.69) is 5.32 Å². The Labute approximate surface area is 124 Å². The summed E-state index contributed by atoms with van der Waals surface area (Å²) in [6.45, 7) is 4.93. The second-order valence-corrected chi connectivity index (χ2v) is 5.88. The molecule has 0 saturated carbocycles. The zero-order chi connectivity index (χ0) is 15.5. The lowest BCUT2D eigenvalue weighted by atomic mass is 9.81. The van der Waals surface area contributed by atoms with Gasteiger partial charge in [0, 0.05) is 30.7 Å². The van der Waals surface area contributed by atoms with Crippen LogP contribution >= 0.6 is 0 Å². The average Bonchev–Trinajstić information content (AvgIpc) is 2.50. The number of amides is 1. The molecule has 0 atom stereocenters. The Morgan fingerprint density at radius 3 is 2.43 bits per heavy atom. The second kappa shape index (κ2) is 6.54. The number of aliphatic hydroxyl groups excluding tert-OH is 1. The van der Waals surface area contributed by atoms with Gasteiger partial charge in [-0.2, -0.15) is 0 Å². The second-order valence-electron chi connectivity index (χ2n) is 5.88. The van der Waals surface area contributed by atoms with Crippen molar-refractivity contribution in [1.29, 1.82) is 0 Å². The Hall–Kier alpha value is -1.46. The van der Waals surface area contributed by atoms with E-state index < -0.39 is 0 Å². The molecule has 1 heterocycles. The third-order valence-corrected chi connectivity index (χ3v) is 4.21. The minimum atomic E-state index is -0.308. The minimum Gasteiger partial charge on any atom is -0.396 e. The Kier molecular flexibility index (Phi) is 4.96. The number of aliphatic hydroxyl groups is 1. The topological polar surface area (TPSA) is 58.6 Å². The van der Waals surface area contributed by atoms with Crippen molar-refractivity contribution in [3.63, 3.8) is 0 Å². The molecular formula is C16H22FNO3. The number of ether oxygens (including phenoxy) is 1. The highest BCUT2D eigenvalue weighted by Gasteiger charge is 2.32. The van der Waals surface area contributed by atoms with Gasteiger partial charge in [-0.1, -0.05) is 0 Å². The van der Waals surface area contributed by atoms with E-state index in [0.29, 0.717) is 36.4 Å². The van der Waals surface area contributed by atoms with E-state index >= 15 is 0 Å². The summed E-state index contributed by atoms with van der Waals surface area (Å²) in [5.41, 5.74) is 1.07. The van der Waals surface area contributed by atoms with Crippen LogP contribution in [0.1, 0.15) is 34.3 Å². The maximum atomic E-state index is 13.6. The fourth-order valence-electron chi connectivity index (χ4n) is 2.64. The van der Waals surface area contributed by atoms with E-state index in [1.54, 1.807) is 26.0 Å². The summed E-state index contributed by atoms with van der Waals surface area (Å²) >= 11 is 0. The van der Waals surface area contributed by atoms with Gasteiger partial charge in [0.15, 0.2) is 0 Å². The van der Waals surface area contributed by atoms with Gasteiger partial charge in [-0.15, -0.1) is 0 Å². The Morgan fingerprint density at radius 2 is 1.90 bits per heavy atom. The average molecular weight is 295 g/mol. The van der Waals surface area contributed by atoms with Gasteiger partial charge >= 0.3 is 0 Å². The highest BCUT2D eigenvalue weighted by molar-refractivity contribution is 5.94. The quantitative estimate of drug-likeness (QED) is 0.893. The molecule has 1 saturated heterocycles. The lowest BCUT2D eigenvalue weighted by Gasteiger charge is -2.35. The summed E-state index contributed by atoms with van der Waals surface area (Å²) in [5.74, 6) is -0.511. The molecule has 0 bridgehead atoms. The summed E-state index contributed by atoms with van der Waals surface area (Å²) < 4.78 is 18.9. The molecule has 2 rings (SSSR count). The van der Waals surface area contributed by atoms with E-state index in [1.165, 1.54) is 0 Å². The van der Waals surface area contributed by atoms with Gasteiger partial charge in [-0.25, -0.2) is 4.39 Å². The first-order chi connectivity index (χ1) is 9.97. The summed E-state index contributed by atoms with van der Waals surface area (Å²) in [6, 6.07) is 3.10. The van der Waals surface area contributed by atoms with Gasteiger partial charge in [-0.3, -0.25) is 4.79 Å². The lowest BCUT2D eigenvalue weighted by molar-refractivity contribution is -0.0146. The first-order valence-corrected chi connectivity index (χ1v) is 7.21. The maximum Gasteiger partial charge on any atom is 0.251 e. The van der Waals surface area contributed by atoms with Crippen molar-refractivity contribution in [1.82, 2.24) is 5.32 Å². The number of hydrogen-bond donors (Lipinski definition) is 2. The highest BCUT2D eigenvalue weighted by atomic mass is 19.1. The molecule has 0 radical (unpaired) electrons. The fourth-order valence-corrected chi connectivity index (χ4v) is 2.64. The molecule has 1 amide bonds. The van der Waals surface area contributed by atoms with Crippen molar-refractivity contribution < 1.29 is 19.0 Å². The molecule has 5 heteroatoms. The SMILES string of the molecule is Cc1cc(C(=O)NCC2(CO)CCOCC2)cc(C)c1F. The van der Waals surface area contributed by atoms with Crippen LogP contribution in [0.4, 0.5) is 4.39 Å². The number of halogens is 1. The maximum absolute atomic E-state index is 13.6. The van der Waals surface area contributed by atoms with Gasteiger partial charge in [-0.05, 0) is 49.9 Å². The smallest absolute Gasteiger partial charge is 0.251 e. The predicted octanol–water partition coefficient (Wildman–Crippen LogP) is 1.96. The Morgan fingerprint density at radius 1 is 1.33 bits per heavy atom. The molecule has 0 spiro atoms. The van der Waals surface area contributed by atoms with Crippen molar-refractivity contribution in [2.45, 2.75) is 26.7 Å². The molecule has 0 aromatic heterocycles. The number of carbonyl (C=O) groups is 1. The van der Waals surface area contributed by atoms with Crippen LogP contribution in [0, 0.1) is 25.1 Å². The Bertz CT molecular complexity index is 501. The highest BCUT2D eigenvalue weighted by Crippen LogP contribution is 2.29. The standard InChI is InChI=1S/C16H22FNO3/c1-11-7-13(8-12(2)14(11)17)15(20)18-9-16(10-19)3-5-21-6-4-16/h7-8,19H,3-6,9-10H2,1-2H3,(H,18,20). The Balaban J connectivity index is 2.04. The molecule has 1 aromatic carbocycles. The molecule has 0 aliphatic carbocycles. The lowest BCUT2D eigenvalue weighted by Crippen LogP contribution is -2.43. The molecule has 21 heavy (non-hydrogen) atoms. The van der Waals surface area contributed by atoms with Crippen LogP contribution in [-0.4, -0.2) is 37.4 Å². The summed E-state index contributed by atoms with van der Waals surface area (Å²) in [5, 5.41) is 12.5. The normalized spacial score (nSPS) is 17.5. The molecule has 116 valence electrons. The fraction of sp³-hybridized carbons (Fsp3) is 0.562. The van der Waals surface area contributed by atoms with Crippen LogP contribution in [0.25, 0.3) is 0 Å². The van der Waals surface area contributed by atoms with Crippen LogP contribution < -0.4 is 5.32 Å². The molecule has 1 fully saturated rings. The zero-order valence-electron chi connectivity index (χ0n) is 12.5. The molecule has 4 nitrogen and oxygen atoms in total. The van der Waals surface area contributed by atoms with Crippen LogP contribution in [0.15, 0.2) is 12.1 Å². The number of benzene rings is 1. The van der Waals surface area contributed by atoms with Crippen molar-refractivity contribution in [3.8, 4) is 0 Å². The van der Waals surface area contributed by atoms with E-state index in [0.717, 1.165) is 12.8 Å². The van der Waals surface area contributed by atoms with E-state index in [-0.39, 0.29) is 23.7 Å². The zero-order valence-corrected chi connectivity index (χ0v) is 12.5. The van der Waals surface area contributed by atoms with Gasteiger partial charge in [0.25, 0.3) is 5.91 Å². The third-order valence-electron chi connectivity index (χ3n) is 4.21. The van der Waals surface area contributed by atoms with E-state index in [9.17, 15) is 14.3 Å². The van der Waals surface area contributed by atoms with Crippen molar-refractivity contribution in [3.05, 3.63) is 34.6 Å². The molecule has 0 unspecified atom stereocenters. The van der Waals surface area contributed by atoms with Crippen molar-refractivity contribution in [2.24, 2.45) is 5.41 Å². The number of carbonyl (C=O) groups excluding carboxylic acids is 1. The predicted molar refractivity (Wildman–Crippen MR) is 77.8 cm³/mol. The van der Waals surface area contributed by atoms with Crippen LogP contribution in [-0.2, 0) is 4.74 Å². The van der Waals surface area contributed by atoms with Crippen LogP contribution in [0.5, 0.6) is 0 Å². The number of rotatable bonds is 4. The first kappa shape index (κ1) is 15.9. The number of aryl methyl sites for hydroxylation is 2. The van der Waals surface area contributed by atoms with Crippen LogP contribution in [0.2, 0.25) is 0 Å². The third kappa shape index (κ3) is 3.60. The molecule has 1 aromatic rings. The van der Waals surface area contributed by atoms with Crippen molar-refractivity contribution in [2.75, 3.05) is 26.4 Å². The van der Waals surface area contributed by atoms with E-state index in [1.807, 2.05) is 0 Å². The van der Waals surface area contributed by atoms with Gasteiger partial charge in [0.05, 0.1) is 6.61 Å². The molecule has 1 aliphatic heterocycles. The molecule has 1 aliphatic rings. The van der Waals surface area contributed by atoms with Gasteiger partial charge in [0.2, 0.25) is 0 Å². The number of nitrogens with one attached hydrogen (secondary N) is 1. The number of hydrogen-bond acceptors (Lipinski definition) is 3. The first-order valence-electron chi connectivity index (χ1n) is 7.21. The molecular weight excluding hydrogens is 273 g/mol. The van der Waals surface area contributed by atoms with Crippen molar-refractivity contribution >= 4 is 5.91 Å². The summed E-state index contributed by atoms with van der Waals surface area (Å²) in [6.07, 6.45) is 1.45. The largest absolute Gasteiger partial charge is 0.396 e. The van der Waals surface area contributed by atoms with E-state index in [4.69, 9.17) is 4.74 Å².